The largest absolute Gasteiger partial charge is 0.263 e. The predicted octanol–water partition coefficient (Wildman–Crippen LogP) is 1.81. The van der Waals surface area contributed by atoms with E-state index in [-0.39, 0.29) is 0 Å². The lowest BCUT2D eigenvalue weighted by Gasteiger charge is -2.02. The Bertz CT molecular complexity index is 1020. The molecule has 4 aromatic heterocycles. The summed E-state index contributed by atoms with van der Waals surface area (Å²) in [6.45, 7) is 3.99. The molecule has 24 heavy (non-hydrogen) atoms. The molecule has 4 aromatic rings. The fourth-order valence-corrected chi connectivity index (χ4v) is 2.43. The molecule has 0 spiro atoms. The highest BCUT2D eigenvalue weighted by Crippen LogP contribution is 2.25. The van der Waals surface area contributed by atoms with Crippen LogP contribution in [0, 0.1) is 19.8 Å². The number of hydrogen-bond acceptors (Lipinski definition) is 6. The smallest absolute Gasteiger partial charge is 0.214 e. The maximum absolute atomic E-state index is 13.6. The van der Waals surface area contributed by atoms with Crippen LogP contribution in [0.3, 0.4) is 0 Å². The quantitative estimate of drug-likeness (QED) is 0.577. The second kappa shape index (κ2) is 5.44. The predicted molar refractivity (Wildman–Crippen MR) is 83.5 cm³/mol. The van der Waals surface area contributed by atoms with E-state index in [4.69, 9.17) is 0 Å². The van der Waals surface area contributed by atoms with Crippen molar-refractivity contribution >= 4 is 11.0 Å². The van der Waals surface area contributed by atoms with E-state index >= 15 is 0 Å². The number of nitrogens with zero attached hydrogens (tertiary/aromatic N) is 7. The summed E-state index contributed by atoms with van der Waals surface area (Å²) < 4.78 is 15.2. The average molecular weight is 324 g/mol. The average Bonchev–Trinajstić information content (AvgIpc) is 3.14. The van der Waals surface area contributed by atoms with Crippen molar-refractivity contribution in [3.8, 4) is 11.5 Å². The van der Waals surface area contributed by atoms with Gasteiger partial charge in [-0.2, -0.15) is 19.6 Å². The Balaban J connectivity index is 1.85. The van der Waals surface area contributed by atoms with Gasteiger partial charge in [-0.3, -0.25) is 5.10 Å². The van der Waals surface area contributed by atoms with E-state index in [0.29, 0.717) is 40.7 Å². The van der Waals surface area contributed by atoms with Crippen LogP contribution < -0.4 is 0 Å². The van der Waals surface area contributed by atoms with Gasteiger partial charge in [-0.05, 0) is 26.0 Å². The van der Waals surface area contributed by atoms with Gasteiger partial charge < -0.3 is 0 Å². The lowest BCUT2D eigenvalue weighted by atomic mass is 10.2. The Labute approximate surface area is 135 Å². The van der Waals surface area contributed by atoms with Crippen molar-refractivity contribution in [1.82, 2.24) is 39.9 Å². The molecule has 4 rings (SSSR count). The fourth-order valence-electron chi connectivity index (χ4n) is 2.43. The highest BCUT2D eigenvalue weighted by Gasteiger charge is 2.17. The molecular weight excluding hydrogens is 311 g/mol. The van der Waals surface area contributed by atoms with Crippen LogP contribution in [0.25, 0.3) is 22.6 Å². The van der Waals surface area contributed by atoms with Gasteiger partial charge in [-0.25, -0.2) is 19.6 Å². The van der Waals surface area contributed by atoms with Gasteiger partial charge in [0.15, 0.2) is 5.65 Å². The van der Waals surface area contributed by atoms with E-state index in [1.54, 1.807) is 30.1 Å². The first kappa shape index (κ1) is 14.4. The lowest BCUT2D eigenvalue weighted by molar-refractivity contribution is 0.582. The first-order valence-electron chi connectivity index (χ1n) is 7.30. The molecule has 9 heteroatoms. The second-order valence-corrected chi connectivity index (χ2v) is 5.39. The Kier molecular flexibility index (Phi) is 3.26. The van der Waals surface area contributed by atoms with Crippen molar-refractivity contribution in [1.29, 1.82) is 0 Å². The minimum atomic E-state index is -0.568. The van der Waals surface area contributed by atoms with Crippen LogP contribution in [-0.4, -0.2) is 39.9 Å². The third-order valence-electron chi connectivity index (χ3n) is 3.54. The van der Waals surface area contributed by atoms with Crippen LogP contribution >= 0.6 is 0 Å². The van der Waals surface area contributed by atoms with Gasteiger partial charge in [-0.1, -0.05) is 0 Å². The molecule has 0 saturated heterocycles. The highest BCUT2D eigenvalue weighted by atomic mass is 19.1. The monoisotopic (exact) mass is 324 g/mol. The summed E-state index contributed by atoms with van der Waals surface area (Å²) in [6.07, 6.45) is 3.43. The number of aryl methyl sites for hydroxylation is 2. The van der Waals surface area contributed by atoms with E-state index in [1.807, 2.05) is 6.92 Å². The summed E-state index contributed by atoms with van der Waals surface area (Å²) in [5.41, 5.74) is 1.82. The minimum Gasteiger partial charge on any atom is -0.263 e. The Hall–Kier alpha value is -3.23. The SMILES string of the molecule is Cc1ncc(Cn2nc(-c3n[nH]c(C)n3)c3ccc(F)nc32)cn1. The van der Waals surface area contributed by atoms with E-state index in [2.05, 4.69) is 35.2 Å². The summed E-state index contributed by atoms with van der Waals surface area (Å²) in [5.74, 6) is 1.24. The summed E-state index contributed by atoms with van der Waals surface area (Å²) >= 11 is 0. The first-order chi connectivity index (χ1) is 11.6. The molecule has 0 unspecified atom stereocenters. The second-order valence-electron chi connectivity index (χ2n) is 5.39. The van der Waals surface area contributed by atoms with Gasteiger partial charge >= 0.3 is 0 Å². The molecule has 120 valence electrons. The van der Waals surface area contributed by atoms with Crippen LogP contribution in [0.2, 0.25) is 0 Å². The topological polar surface area (TPSA) is 98.1 Å². The number of pyridine rings is 1. The standard InChI is InChI=1S/C15H13FN8/c1-8-17-5-10(6-18-8)7-24-15-11(3-4-12(16)20-15)13(23-24)14-19-9(2)21-22-14/h3-6H,7H2,1-2H3,(H,19,21,22). The molecule has 0 aliphatic heterocycles. The van der Waals surface area contributed by atoms with Crippen LogP contribution in [-0.2, 0) is 6.54 Å². The summed E-state index contributed by atoms with van der Waals surface area (Å²) in [4.78, 5) is 16.6. The van der Waals surface area contributed by atoms with E-state index in [9.17, 15) is 4.39 Å². The zero-order valence-electron chi connectivity index (χ0n) is 13.0. The number of hydrogen-bond donors (Lipinski definition) is 1. The molecular formula is C15H13FN8. The normalized spacial score (nSPS) is 11.3. The molecule has 0 radical (unpaired) electrons. The molecule has 0 aliphatic rings. The number of nitrogens with one attached hydrogen (secondary N) is 1. The van der Waals surface area contributed by atoms with Crippen molar-refractivity contribution in [3.63, 3.8) is 0 Å². The van der Waals surface area contributed by atoms with Crippen LogP contribution in [0.5, 0.6) is 0 Å². The van der Waals surface area contributed by atoms with Crippen molar-refractivity contribution in [2.24, 2.45) is 0 Å². The Morgan fingerprint density at radius 3 is 2.62 bits per heavy atom. The van der Waals surface area contributed by atoms with E-state index < -0.39 is 5.95 Å². The number of H-pyrrole nitrogens is 1. The maximum Gasteiger partial charge on any atom is 0.214 e. The molecule has 0 amide bonds. The van der Waals surface area contributed by atoms with Crippen LogP contribution in [0.1, 0.15) is 17.2 Å². The molecule has 4 heterocycles. The molecule has 0 saturated carbocycles. The Morgan fingerprint density at radius 2 is 1.92 bits per heavy atom. The fraction of sp³-hybridized carbons (Fsp3) is 0.200. The number of aromatic amines is 1. The Morgan fingerprint density at radius 1 is 1.12 bits per heavy atom. The zero-order valence-corrected chi connectivity index (χ0v) is 13.0. The summed E-state index contributed by atoms with van der Waals surface area (Å²) in [6, 6.07) is 2.93. The molecule has 0 fully saturated rings. The lowest BCUT2D eigenvalue weighted by Crippen LogP contribution is -2.04. The maximum atomic E-state index is 13.6. The molecule has 1 N–H and O–H groups in total. The van der Waals surface area contributed by atoms with Crippen molar-refractivity contribution in [2.45, 2.75) is 20.4 Å². The molecule has 0 aliphatic carbocycles. The summed E-state index contributed by atoms with van der Waals surface area (Å²) in [7, 11) is 0. The third kappa shape index (κ3) is 2.49. The van der Waals surface area contributed by atoms with Crippen molar-refractivity contribution in [3.05, 3.63) is 47.7 Å². The number of aromatic nitrogens is 8. The van der Waals surface area contributed by atoms with E-state index in [0.717, 1.165) is 5.56 Å². The van der Waals surface area contributed by atoms with Crippen LogP contribution in [0.15, 0.2) is 24.5 Å². The van der Waals surface area contributed by atoms with E-state index in [1.165, 1.54) is 6.07 Å². The van der Waals surface area contributed by atoms with Gasteiger partial charge in [-0.15, -0.1) is 0 Å². The van der Waals surface area contributed by atoms with Crippen molar-refractivity contribution < 1.29 is 4.39 Å². The molecule has 0 atom stereocenters. The number of rotatable bonds is 3. The van der Waals surface area contributed by atoms with Gasteiger partial charge in [0.05, 0.1) is 11.9 Å². The first-order valence-corrected chi connectivity index (χ1v) is 7.30. The minimum absolute atomic E-state index is 0.372. The molecule has 0 aromatic carbocycles. The third-order valence-corrected chi connectivity index (χ3v) is 3.54. The zero-order chi connectivity index (χ0) is 16.7. The highest BCUT2D eigenvalue weighted by molar-refractivity contribution is 5.89. The summed E-state index contributed by atoms with van der Waals surface area (Å²) in [5, 5.41) is 12.1. The van der Waals surface area contributed by atoms with Crippen LogP contribution in [0.4, 0.5) is 4.39 Å². The van der Waals surface area contributed by atoms with Gasteiger partial charge in [0.2, 0.25) is 11.8 Å². The van der Waals surface area contributed by atoms with Crippen molar-refractivity contribution in [2.75, 3.05) is 0 Å². The van der Waals surface area contributed by atoms with Gasteiger partial charge in [0, 0.05) is 18.0 Å². The van der Waals surface area contributed by atoms with Gasteiger partial charge in [0.25, 0.3) is 0 Å². The number of fused-ring (bicyclic) bond motifs is 1. The molecule has 8 nitrogen and oxygen atoms in total. The molecule has 0 bridgehead atoms. The number of halogens is 1. The van der Waals surface area contributed by atoms with Gasteiger partial charge in [0.1, 0.15) is 17.3 Å².